The number of carboxylic acid groups (broad SMARTS) is 1. The molecule has 45 heavy (non-hydrogen) atoms. The van der Waals surface area contributed by atoms with E-state index in [1.165, 1.54) is 6.92 Å². The molecule has 0 unspecified atom stereocenters. The van der Waals surface area contributed by atoms with E-state index in [0.717, 1.165) is 0 Å². The molecule has 4 amide bonds. The van der Waals surface area contributed by atoms with Crippen molar-refractivity contribution in [3.8, 4) is 0 Å². The SMILES string of the molecule is C[C@H](NC(=O)[C@H](CCCN=C(N)N)NC(=O)[C@H](CO)NC(=O)[C@@H](N)CCCN=C(N)N)C(=O)N[C@@H](CCCN=C(N)N)C(=O)O. The Morgan fingerprint density at radius 1 is 0.600 bits per heavy atom. The maximum absolute atomic E-state index is 13.1. The van der Waals surface area contributed by atoms with E-state index < -0.39 is 66.4 Å². The zero-order chi connectivity index (χ0) is 34.5. The van der Waals surface area contributed by atoms with Gasteiger partial charge in [0.2, 0.25) is 23.6 Å². The van der Waals surface area contributed by atoms with Crippen LogP contribution in [-0.4, -0.2) is 114 Å². The topological polar surface area (TPSA) is 393 Å². The van der Waals surface area contributed by atoms with Crippen molar-refractivity contribution >= 4 is 47.5 Å². The van der Waals surface area contributed by atoms with Crippen molar-refractivity contribution in [2.45, 2.75) is 75.7 Å². The lowest BCUT2D eigenvalue weighted by atomic mass is 10.1. The van der Waals surface area contributed by atoms with Crippen LogP contribution in [0.5, 0.6) is 0 Å². The summed E-state index contributed by atoms with van der Waals surface area (Å²) in [6, 6.07) is -6.28. The van der Waals surface area contributed by atoms with Gasteiger partial charge in [0.15, 0.2) is 17.9 Å². The largest absolute Gasteiger partial charge is 0.480 e. The number of nitrogens with two attached hydrogens (primary N) is 7. The molecule has 0 radical (unpaired) electrons. The van der Waals surface area contributed by atoms with Gasteiger partial charge < -0.3 is 71.6 Å². The van der Waals surface area contributed by atoms with Crippen molar-refractivity contribution in [2.24, 2.45) is 55.1 Å². The molecular weight excluding hydrogens is 596 g/mol. The van der Waals surface area contributed by atoms with Crippen molar-refractivity contribution in [1.82, 2.24) is 21.3 Å². The van der Waals surface area contributed by atoms with Gasteiger partial charge in [0, 0.05) is 19.6 Å². The molecule has 0 aromatic rings. The number of aliphatic hydroxyl groups is 1. The minimum atomic E-state index is -1.47. The standard InChI is InChI=1S/C24H48N14O7/c1-12(17(40)37-15(21(44)45)7-4-10-34-24(30)31)35-19(42)14(6-3-9-33-23(28)29)36-20(43)16(11-39)38-18(41)13(25)5-2-8-32-22(26)27/h12-16,39H,2-11,25H2,1H3,(H,35,42)(H,36,43)(H,37,40)(H,38,41)(H,44,45)(H4,26,27,32)(H4,28,29,33)(H4,30,31,34)/t12-,13-,14-,15-,16-/m0/s1. The predicted molar refractivity (Wildman–Crippen MR) is 166 cm³/mol. The highest BCUT2D eigenvalue weighted by Crippen LogP contribution is 2.04. The van der Waals surface area contributed by atoms with Gasteiger partial charge in [0.1, 0.15) is 24.2 Å². The van der Waals surface area contributed by atoms with Crippen LogP contribution in [-0.2, 0) is 24.0 Å². The first-order valence-corrected chi connectivity index (χ1v) is 14.1. The molecule has 0 aliphatic heterocycles. The number of aliphatic hydroxyl groups excluding tert-OH is 1. The van der Waals surface area contributed by atoms with Crippen LogP contribution in [0.4, 0.5) is 0 Å². The molecule has 0 bridgehead atoms. The van der Waals surface area contributed by atoms with Gasteiger partial charge >= 0.3 is 5.97 Å². The molecule has 0 heterocycles. The van der Waals surface area contributed by atoms with Crippen molar-refractivity contribution in [1.29, 1.82) is 0 Å². The normalized spacial score (nSPS) is 13.8. The third-order valence-corrected chi connectivity index (χ3v) is 6.01. The van der Waals surface area contributed by atoms with Crippen LogP contribution in [0.25, 0.3) is 0 Å². The molecule has 0 aliphatic carbocycles. The molecule has 0 rings (SSSR count). The minimum Gasteiger partial charge on any atom is -0.480 e. The molecule has 0 fully saturated rings. The van der Waals surface area contributed by atoms with E-state index in [1.54, 1.807) is 0 Å². The summed E-state index contributed by atoms with van der Waals surface area (Å²) >= 11 is 0. The molecule has 0 aromatic carbocycles. The second-order valence-corrected chi connectivity index (χ2v) is 9.89. The Morgan fingerprint density at radius 3 is 1.44 bits per heavy atom. The fourth-order valence-electron chi connectivity index (χ4n) is 3.61. The van der Waals surface area contributed by atoms with Gasteiger partial charge in [-0.25, -0.2) is 4.79 Å². The van der Waals surface area contributed by atoms with Gasteiger partial charge in [-0.1, -0.05) is 0 Å². The Hall–Kier alpha value is -4.92. The number of carboxylic acids is 1. The van der Waals surface area contributed by atoms with E-state index >= 15 is 0 Å². The first-order valence-electron chi connectivity index (χ1n) is 14.1. The number of amides is 4. The first kappa shape index (κ1) is 40.1. The summed E-state index contributed by atoms with van der Waals surface area (Å²) in [5.41, 5.74) is 37.5. The van der Waals surface area contributed by atoms with E-state index in [4.69, 9.17) is 40.1 Å². The highest BCUT2D eigenvalue weighted by Gasteiger charge is 2.30. The molecule has 21 heteroatoms. The Labute approximate surface area is 260 Å². The number of aliphatic carboxylic acids is 1. The fraction of sp³-hybridized carbons (Fsp3) is 0.667. The Bertz CT molecular complexity index is 1070. The van der Waals surface area contributed by atoms with Crippen LogP contribution in [0.15, 0.2) is 15.0 Å². The highest BCUT2D eigenvalue weighted by molar-refractivity contribution is 5.95. The third kappa shape index (κ3) is 18.4. The molecule has 5 atom stereocenters. The molecule has 0 saturated carbocycles. The fourth-order valence-corrected chi connectivity index (χ4v) is 3.61. The number of nitrogens with one attached hydrogen (secondary N) is 4. The molecule has 0 spiro atoms. The lowest BCUT2D eigenvalue weighted by Crippen LogP contribution is -2.58. The molecule has 21 nitrogen and oxygen atoms in total. The Kier molecular flexibility index (Phi) is 19.3. The summed E-state index contributed by atoms with van der Waals surface area (Å²) in [6.45, 7) is 0.980. The van der Waals surface area contributed by atoms with Gasteiger partial charge in [-0.05, 0) is 45.4 Å². The van der Waals surface area contributed by atoms with E-state index in [-0.39, 0.29) is 69.6 Å². The van der Waals surface area contributed by atoms with E-state index in [9.17, 15) is 34.2 Å². The van der Waals surface area contributed by atoms with Crippen molar-refractivity contribution < 1.29 is 34.2 Å². The van der Waals surface area contributed by atoms with Crippen molar-refractivity contribution in [3.05, 3.63) is 0 Å². The maximum atomic E-state index is 13.1. The number of guanidine groups is 3. The summed E-state index contributed by atoms with van der Waals surface area (Å²) in [7, 11) is 0. The predicted octanol–water partition coefficient (Wildman–Crippen LogP) is -6.49. The summed E-state index contributed by atoms with van der Waals surface area (Å²) < 4.78 is 0. The number of nitrogens with zero attached hydrogens (tertiary/aromatic N) is 3. The maximum Gasteiger partial charge on any atom is 0.326 e. The zero-order valence-corrected chi connectivity index (χ0v) is 25.3. The van der Waals surface area contributed by atoms with Gasteiger partial charge in [-0.2, -0.15) is 0 Å². The number of carbonyl (C=O) groups is 5. The van der Waals surface area contributed by atoms with Crippen LogP contribution in [0.2, 0.25) is 0 Å². The van der Waals surface area contributed by atoms with Crippen LogP contribution >= 0.6 is 0 Å². The van der Waals surface area contributed by atoms with Crippen LogP contribution in [0.3, 0.4) is 0 Å². The monoisotopic (exact) mass is 644 g/mol. The van der Waals surface area contributed by atoms with E-state index in [1.807, 2.05) is 0 Å². The summed E-state index contributed by atoms with van der Waals surface area (Å²) in [5, 5.41) is 28.7. The van der Waals surface area contributed by atoms with Gasteiger partial charge in [0.25, 0.3) is 0 Å². The lowest BCUT2D eigenvalue weighted by molar-refractivity contribution is -0.142. The van der Waals surface area contributed by atoms with Gasteiger partial charge in [-0.3, -0.25) is 34.2 Å². The second kappa shape index (κ2) is 21.7. The summed E-state index contributed by atoms with van der Waals surface area (Å²) in [4.78, 5) is 74.2. The number of hydrogen-bond acceptors (Lipinski definition) is 10. The van der Waals surface area contributed by atoms with Gasteiger partial charge in [0.05, 0.1) is 12.6 Å². The number of carbonyl (C=O) groups excluding carboxylic acids is 4. The number of rotatable bonds is 22. The lowest BCUT2D eigenvalue weighted by Gasteiger charge is -2.24. The van der Waals surface area contributed by atoms with E-state index in [2.05, 4.69) is 36.2 Å². The first-order chi connectivity index (χ1) is 21.1. The summed E-state index contributed by atoms with van der Waals surface area (Å²) in [6.07, 6.45) is 1.02. The molecule has 0 aliphatic rings. The van der Waals surface area contributed by atoms with Crippen LogP contribution in [0, 0.1) is 0 Å². The van der Waals surface area contributed by atoms with Crippen LogP contribution < -0.4 is 61.4 Å². The summed E-state index contributed by atoms with van der Waals surface area (Å²) in [5.74, 6) is -5.03. The Balaban J connectivity index is 5.42. The minimum absolute atomic E-state index is 0.0101. The Morgan fingerprint density at radius 2 is 1.00 bits per heavy atom. The molecular formula is C24H48N14O7. The van der Waals surface area contributed by atoms with Crippen molar-refractivity contribution in [2.75, 3.05) is 26.2 Å². The smallest absolute Gasteiger partial charge is 0.326 e. The highest BCUT2D eigenvalue weighted by atomic mass is 16.4. The van der Waals surface area contributed by atoms with Crippen molar-refractivity contribution in [3.63, 3.8) is 0 Å². The third-order valence-electron chi connectivity index (χ3n) is 6.01. The average molecular weight is 645 g/mol. The van der Waals surface area contributed by atoms with Crippen LogP contribution in [0.1, 0.15) is 45.4 Å². The number of aliphatic imine (C=N–C) groups is 3. The van der Waals surface area contributed by atoms with Gasteiger partial charge in [-0.15, -0.1) is 0 Å². The molecule has 0 saturated heterocycles. The molecule has 256 valence electrons. The molecule has 20 N–H and O–H groups in total. The number of hydrogen-bond donors (Lipinski definition) is 13. The quantitative estimate of drug-likeness (QED) is 0.0296. The van der Waals surface area contributed by atoms with E-state index in [0.29, 0.717) is 6.42 Å². The average Bonchev–Trinajstić information content (AvgIpc) is 2.95. The zero-order valence-electron chi connectivity index (χ0n) is 25.3. The molecule has 0 aromatic heterocycles. The second-order valence-electron chi connectivity index (χ2n) is 9.89.